The number of carbonyl (C=O) groups excluding carboxylic acids is 1. The van der Waals surface area contributed by atoms with Gasteiger partial charge in [0.15, 0.2) is 0 Å². The quantitative estimate of drug-likeness (QED) is 0.572. The molecule has 0 rings (SSSR count). The largest absolute Gasteiger partial charge is 0.481 e. The van der Waals surface area contributed by atoms with Crippen molar-refractivity contribution >= 4 is 11.9 Å². The SMILES string of the molecule is CCC(CC)(CC(=O)NCCN)C(=O)O. The van der Waals surface area contributed by atoms with E-state index in [1.54, 1.807) is 13.8 Å². The highest BCUT2D eigenvalue weighted by Gasteiger charge is 2.36. The Morgan fingerprint density at radius 3 is 2.20 bits per heavy atom. The number of nitrogens with one attached hydrogen (secondary N) is 1. The summed E-state index contributed by atoms with van der Waals surface area (Å²) < 4.78 is 0. The summed E-state index contributed by atoms with van der Waals surface area (Å²) in [5.41, 5.74) is 4.30. The Balaban J connectivity index is 4.40. The van der Waals surface area contributed by atoms with Gasteiger partial charge < -0.3 is 16.2 Å². The van der Waals surface area contributed by atoms with Gasteiger partial charge in [-0.05, 0) is 12.8 Å². The lowest BCUT2D eigenvalue weighted by Crippen LogP contribution is -2.38. The first-order valence-electron chi connectivity index (χ1n) is 5.22. The summed E-state index contributed by atoms with van der Waals surface area (Å²) in [4.78, 5) is 22.5. The monoisotopic (exact) mass is 216 g/mol. The zero-order valence-corrected chi connectivity index (χ0v) is 9.38. The lowest BCUT2D eigenvalue weighted by molar-refractivity contribution is -0.152. The van der Waals surface area contributed by atoms with E-state index in [0.717, 1.165) is 0 Å². The third kappa shape index (κ3) is 3.87. The molecule has 1 amide bonds. The Morgan fingerprint density at radius 1 is 1.33 bits per heavy atom. The zero-order valence-electron chi connectivity index (χ0n) is 9.38. The molecule has 0 aliphatic rings. The lowest BCUT2D eigenvalue weighted by atomic mass is 9.79. The van der Waals surface area contributed by atoms with Crippen LogP contribution in [0.15, 0.2) is 0 Å². The number of hydrogen-bond acceptors (Lipinski definition) is 3. The molecule has 0 saturated heterocycles. The molecule has 0 aromatic heterocycles. The second kappa shape index (κ2) is 6.40. The van der Waals surface area contributed by atoms with Crippen LogP contribution in [0.3, 0.4) is 0 Å². The number of nitrogens with two attached hydrogens (primary N) is 1. The molecule has 4 N–H and O–H groups in total. The molecule has 0 fully saturated rings. The van der Waals surface area contributed by atoms with Crippen molar-refractivity contribution in [2.24, 2.45) is 11.1 Å². The molecule has 0 atom stereocenters. The van der Waals surface area contributed by atoms with Crippen molar-refractivity contribution in [3.05, 3.63) is 0 Å². The van der Waals surface area contributed by atoms with Crippen LogP contribution in [0, 0.1) is 5.41 Å². The van der Waals surface area contributed by atoms with Gasteiger partial charge >= 0.3 is 5.97 Å². The molecular formula is C10H20N2O3. The average Bonchev–Trinajstić information content (AvgIpc) is 2.22. The van der Waals surface area contributed by atoms with E-state index in [-0.39, 0.29) is 12.3 Å². The van der Waals surface area contributed by atoms with Crippen LogP contribution in [0.5, 0.6) is 0 Å². The molecule has 88 valence electrons. The molecule has 0 aliphatic carbocycles. The summed E-state index contributed by atoms with van der Waals surface area (Å²) in [5.74, 6) is -1.15. The molecule has 0 bridgehead atoms. The predicted octanol–water partition coefficient (Wildman–Crippen LogP) is 0.342. The van der Waals surface area contributed by atoms with Crippen molar-refractivity contribution in [3.63, 3.8) is 0 Å². The summed E-state index contributed by atoms with van der Waals surface area (Å²) in [6.45, 7) is 4.33. The van der Waals surface area contributed by atoms with E-state index >= 15 is 0 Å². The minimum atomic E-state index is -0.932. The highest BCUT2D eigenvalue weighted by Crippen LogP contribution is 2.30. The third-order valence-corrected chi connectivity index (χ3v) is 2.77. The Morgan fingerprint density at radius 2 is 1.87 bits per heavy atom. The maximum Gasteiger partial charge on any atom is 0.310 e. The lowest BCUT2D eigenvalue weighted by Gasteiger charge is -2.25. The first kappa shape index (κ1) is 13.9. The number of aliphatic carboxylic acids is 1. The van der Waals surface area contributed by atoms with Crippen molar-refractivity contribution in [1.82, 2.24) is 5.32 Å². The summed E-state index contributed by atoms with van der Waals surface area (Å²) in [7, 11) is 0. The summed E-state index contributed by atoms with van der Waals surface area (Å²) in [5, 5.41) is 11.7. The number of carboxylic acids is 1. The van der Waals surface area contributed by atoms with Gasteiger partial charge in [-0.15, -0.1) is 0 Å². The Labute approximate surface area is 90.0 Å². The van der Waals surface area contributed by atoms with Crippen LogP contribution in [0.25, 0.3) is 0 Å². The molecular weight excluding hydrogens is 196 g/mol. The normalized spacial score (nSPS) is 11.1. The topological polar surface area (TPSA) is 92.4 Å². The van der Waals surface area contributed by atoms with Crippen molar-refractivity contribution in [2.75, 3.05) is 13.1 Å². The van der Waals surface area contributed by atoms with E-state index in [0.29, 0.717) is 25.9 Å². The summed E-state index contributed by atoms with van der Waals surface area (Å²) in [6, 6.07) is 0. The first-order chi connectivity index (χ1) is 7.02. The van der Waals surface area contributed by atoms with Crippen molar-refractivity contribution in [1.29, 1.82) is 0 Å². The Kier molecular flexibility index (Phi) is 5.93. The molecule has 0 unspecified atom stereocenters. The van der Waals surface area contributed by atoms with Crippen LogP contribution in [-0.2, 0) is 9.59 Å². The molecule has 0 radical (unpaired) electrons. The summed E-state index contributed by atoms with van der Waals surface area (Å²) >= 11 is 0. The Hall–Kier alpha value is -1.10. The van der Waals surface area contributed by atoms with Crippen LogP contribution in [0.2, 0.25) is 0 Å². The van der Waals surface area contributed by atoms with Crippen LogP contribution in [0.4, 0.5) is 0 Å². The molecule has 0 aromatic rings. The van der Waals surface area contributed by atoms with E-state index in [4.69, 9.17) is 10.8 Å². The van der Waals surface area contributed by atoms with Gasteiger partial charge in [0.1, 0.15) is 0 Å². The van der Waals surface area contributed by atoms with E-state index in [1.807, 2.05) is 0 Å². The van der Waals surface area contributed by atoms with Crippen LogP contribution in [0.1, 0.15) is 33.1 Å². The van der Waals surface area contributed by atoms with Gasteiger partial charge in [-0.3, -0.25) is 9.59 Å². The molecule has 5 heteroatoms. The zero-order chi connectivity index (χ0) is 11.9. The van der Waals surface area contributed by atoms with Gasteiger partial charge in [0.2, 0.25) is 5.91 Å². The number of carbonyl (C=O) groups is 2. The van der Waals surface area contributed by atoms with Crippen molar-refractivity contribution < 1.29 is 14.7 Å². The molecule has 0 aromatic carbocycles. The number of rotatable bonds is 7. The fourth-order valence-corrected chi connectivity index (χ4v) is 1.46. The minimum Gasteiger partial charge on any atom is -0.481 e. The van der Waals surface area contributed by atoms with E-state index in [2.05, 4.69) is 5.32 Å². The van der Waals surface area contributed by atoms with Gasteiger partial charge in [0, 0.05) is 19.5 Å². The van der Waals surface area contributed by atoms with Crippen LogP contribution in [-0.4, -0.2) is 30.1 Å². The highest BCUT2D eigenvalue weighted by atomic mass is 16.4. The fourth-order valence-electron chi connectivity index (χ4n) is 1.46. The van der Waals surface area contributed by atoms with Gasteiger partial charge in [0.05, 0.1) is 5.41 Å². The fraction of sp³-hybridized carbons (Fsp3) is 0.800. The van der Waals surface area contributed by atoms with Crippen molar-refractivity contribution in [2.45, 2.75) is 33.1 Å². The van der Waals surface area contributed by atoms with E-state index in [9.17, 15) is 9.59 Å². The molecule has 0 aliphatic heterocycles. The standard InChI is InChI=1S/C10H20N2O3/c1-3-10(4-2,9(14)15)7-8(13)12-6-5-11/h3-7,11H2,1-2H3,(H,12,13)(H,14,15). The van der Waals surface area contributed by atoms with E-state index in [1.165, 1.54) is 0 Å². The minimum absolute atomic E-state index is 0.0231. The number of hydrogen-bond donors (Lipinski definition) is 3. The maximum atomic E-state index is 11.4. The van der Waals surface area contributed by atoms with E-state index < -0.39 is 11.4 Å². The predicted molar refractivity (Wildman–Crippen MR) is 57.3 cm³/mol. The van der Waals surface area contributed by atoms with Gasteiger partial charge in [-0.25, -0.2) is 0 Å². The van der Waals surface area contributed by atoms with Crippen LogP contribution < -0.4 is 11.1 Å². The first-order valence-corrected chi connectivity index (χ1v) is 5.22. The third-order valence-electron chi connectivity index (χ3n) is 2.77. The second-order valence-electron chi connectivity index (χ2n) is 3.61. The van der Waals surface area contributed by atoms with Gasteiger partial charge in [-0.1, -0.05) is 13.8 Å². The molecule has 0 spiro atoms. The summed E-state index contributed by atoms with van der Waals surface area (Å²) in [6.07, 6.45) is 0.930. The molecule has 0 saturated carbocycles. The van der Waals surface area contributed by atoms with Gasteiger partial charge in [0.25, 0.3) is 0 Å². The molecule has 0 heterocycles. The Bertz CT molecular complexity index is 225. The van der Waals surface area contributed by atoms with Gasteiger partial charge in [-0.2, -0.15) is 0 Å². The second-order valence-corrected chi connectivity index (χ2v) is 3.61. The molecule has 15 heavy (non-hydrogen) atoms. The smallest absolute Gasteiger partial charge is 0.310 e. The number of amides is 1. The van der Waals surface area contributed by atoms with Crippen LogP contribution >= 0.6 is 0 Å². The maximum absolute atomic E-state index is 11.4. The average molecular weight is 216 g/mol. The van der Waals surface area contributed by atoms with Crippen molar-refractivity contribution in [3.8, 4) is 0 Å². The highest BCUT2D eigenvalue weighted by molar-refractivity contribution is 5.84. The number of carboxylic acid groups (broad SMARTS) is 1. The molecule has 5 nitrogen and oxygen atoms in total.